The van der Waals surface area contributed by atoms with E-state index >= 15 is 0 Å². The predicted octanol–water partition coefficient (Wildman–Crippen LogP) is 9.48. The number of hydrogen-bond donors (Lipinski definition) is 2. The number of hydrogen-bond acceptors (Lipinski definition) is 5. The van der Waals surface area contributed by atoms with Gasteiger partial charge < -0.3 is 19.8 Å². The van der Waals surface area contributed by atoms with Crippen molar-refractivity contribution < 1.29 is 24.5 Å². The van der Waals surface area contributed by atoms with Crippen LogP contribution < -0.4 is 0 Å². The third-order valence-electron chi connectivity index (χ3n) is 7.97. The van der Waals surface area contributed by atoms with Crippen molar-refractivity contribution in [1.29, 1.82) is 0 Å². The van der Waals surface area contributed by atoms with Crippen LogP contribution in [0.1, 0.15) is 167 Å². The molecule has 2 N–H and O–H groups in total. The Morgan fingerprint density at radius 2 is 1.10 bits per heavy atom. The van der Waals surface area contributed by atoms with Gasteiger partial charge in [0.2, 0.25) is 0 Å². The third-order valence-corrected chi connectivity index (χ3v) is 8.74. The number of ether oxygens (including phenoxy) is 1. The molecule has 0 radical (unpaired) electrons. The Morgan fingerprint density at radius 3 is 1.61 bits per heavy atom. The van der Waals surface area contributed by atoms with Gasteiger partial charge in [0.25, 0.3) is 0 Å². The molecule has 0 aromatic carbocycles. The minimum absolute atomic E-state index is 0.00276. The van der Waals surface area contributed by atoms with Crippen LogP contribution >= 0.6 is 22.6 Å². The summed E-state index contributed by atoms with van der Waals surface area (Å²) >= 11 is 2.45. The minimum Gasteiger partial charge on any atom is -0.481 e. The van der Waals surface area contributed by atoms with Gasteiger partial charge in [-0.1, -0.05) is 119 Å². The van der Waals surface area contributed by atoms with Crippen LogP contribution in [-0.2, 0) is 14.3 Å². The van der Waals surface area contributed by atoms with Crippen molar-refractivity contribution in [2.24, 2.45) is 0 Å². The summed E-state index contributed by atoms with van der Waals surface area (Å²) in [6, 6.07) is 0. The van der Waals surface area contributed by atoms with E-state index in [2.05, 4.69) is 34.4 Å². The number of esters is 1. The second kappa shape index (κ2) is 32.5. The molecule has 6 nitrogen and oxygen atoms in total. The van der Waals surface area contributed by atoms with Crippen LogP contribution in [0.15, 0.2) is 0 Å². The molecule has 0 aliphatic rings. The van der Waals surface area contributed by atoms with Crippen molar-refractivity contribution in [2.75, 3.05) is 30.7 Å². The van der Waals surface area contributed by atoms with Crippen LogP contribution in [0.2, 0.25) is 0 Å². The summed E-state index contributed by atoms with van der Waals surface area (Å²) in [6.07, 6.45) is 27.5. The maximum absolute atomic E-state index is 12.6. The summed E-state index contributed by atoms with van der Waals surface area (Å²) in [5.41, 5.74) is 0. The number of carbonyl (C=O) groups excluding carboxylic acids is 1. The first-order valence-electron chi connectivity index (χ1n) is 17.3. The van der Waals surface area contributed by atoms with Gasteiger partial charge in [0.15, 0.2) is 0 Å². The van der Waals surface area contributed by atoms with Gasteiger partial charge in [-0.2, -0.15) is 0 Å². The lowest BCUT2D eigenvalue weighted by Crippen LogP contribution is -2.29. The number of rotatable bonds is 33. The first kappa shape index (κ1) is 40.6. The van der Waals surface area contributed by atoms with Gasteiger partial charge in [0, 0.05) is 19.4 Å². The van der Waals surface area contributed by atoms with Crippen molar-refractivity contribution >= 4 is 34.5 Å². The molecule has 0 rings (SSSR count). The number of aliphatic hydroxyl groups excluding tert-OH is 1. The van der Waals surface area contributed by atoms with E-state index in [-0.39, 0.29) is 25.1 Å². The van der Waals surface area contributed by atoms with E-state index in [0.29, 0.717) is 6.42 Å². The summed E-state index contributed by atoms with van der Waals surface area (Å²) in [4.78, 5) is 25.5. The first-order valence-corrected chi connectivity index (χ1v) is 18.9. The summed E-state index contributed by atoms with van der Waals surface area (Å²) in [5, 5.41) is 18.1. The Bertz CT molecular complexity index is 561. The number of carboxylic acids is 1. The zero-order chi connectivity index (χ0) is 30.2. The van der Waals surface area contributed by atoms with Gasteiger partial charge in [0.05, 0.1) is 6.61 Å². The Morgan fingerprint density at radius 1 is 0.634 bits per heavy atom. The normalized spacial score (nSPS) is 12.2. The van der Waals surface area contributed by atoms with Gasteiger partial charge in [-0.25, -0.2) is 0 Å². The number of alkyl halides is 1. The highest BCUT2D eigenvalue weighted by Gasteiger charge is 2.14. The van der Waals surface area contributed by atoms with Crippen molar-refractivity contribution in [2.45, 2.75) is 174 Å². The summed E-state index contributed by atoms with van der Waals surface area (Å²) in [5.74, 6) is -0.701. The lowest BCUT2D eigenvalue weighted by atomic mass is 10.0. The maximum Gasteiger partial charge on any atom is 0.306 e. The largest absolute Gasteiger partial charge is 0.481 e. The molecule has 244 valence electrons. The fourth-order valence-electron chi connectivity index (χ4n) is 5.41. The second-order valence-electron chi connectivity index (χ2n) is 11.9. The standard InChI is InChI=1S/C34H66INO5/c1-2-3-4-5-9-16-23-32(24-17-10-6-13-20-27-35)41-34(40)26-19-12-8-15-22-29-36(30-31-37)28-21-14-7-11-18-25-33(38)39/h32,37H,2-31H2,1H3,(H,38,39). The highest BCUT2D eigenvalue weighted by molar-refractivity contribution is 14.1. The topological polar surface area (TPSA) is 87.1 Å². The SMILES string of the molecule is CCCCCCCCC(CCCCCCCI)OC(=O)CCCCCCCN(CCO)CCCCCCCC(=O)O. The molecule has 0 saturated heterocycles. The van der Waals surface area contributed by atoms with Crippen LogP contribution in [0.5, 0.6) is 0 Å². The van der Waals surface area contributed by atoms with Crippen LogP contribution in [-0.4, -0.2) is 63.8 Å². The fraction of sp³-hybridized carbons (Fsp3) is 0.941. The molecule has 0 spiro atoms. The number of aliphatic carboxylic acids is 1. The second-order valence-corrected chi connectivity index (χ2v) is 13.0. The summed E-state index contributed by atoms with van der Waals surface area (Å²) in [6.45, 7) is 5.19. The van der Waals surface area contributed by atoms with E-state index in [1.807, 2.05) is 0 Å². The number of halogens is 1. The molecule has 0 aromatic heterocycles. The molecule has 0 saturated carbocycles. The van der Waals surface area contributed by atoms with E-state index < -0.39 is 5.97 Å². The van der Waals surface area contributed by atoms with Crippen molar-refractivity contribution in [1.82, 2.24) is 4.90 Å². The van der Waals surface area contributed by atoms with Crippen LogP contribution in [0, 0.1) is 0 Å². The number of carbonyl (C=O) groups is 2. The molecule has 0 heterocycles. The quantitative estimate of drug-likeness (QED) is 0.0308. The number of carboxylic acid groups (broad SMARTS) is 1. The van der Waals surface area contributed by atoms with E-state index in [0.717, 1.165) is 96.7 Å². The Kier molecular flexibility index (Phi) is 32.2. The highest BCUT2D eigenvalue weighted by atomic mass is 127. The zero-order valence-electron chi connectivity index (χ0n) is 26.7. The fourth-order valence-corrected chi connectivity index (χ4v) is 5.95. The molecule has 41 heavy (non-hydrogen) atoms. The number of aliphatic hydroxyl groups is 1. The van der Waals surface area contributed by atoms with Crippen LogP contribution in [0.4, 0.5) is 0 Å². The molecule has 0 aliphatic carbocycles. The predicted molar refractivity (Wildman–Crippen MR) is 181 cm³/mol. The third kappa shape index (κ3) is 30.8. The van der Waals surface area contributed by atoms with E-state index in [9.17, 15) is 14.7 Å². The minimum atomic E-state index is -0.704. The highest BCUT2D eigenvalue weighted by Crippen LogP contribution is 2.18. The molecule has 0 bridgehead atoms. The lowest BCUT2D eigenvalue weighted by Gasteiger charge is -2.21. The molecular formula is C34H66INO5. The van der Waals surface area contributed by atoms with Crippen molar-refractivity contribution in [3.8, 4) is 0 Å². The van der Waals surface area contributed by atoms with Crippen LogP contribution in [0.25, 0.3) is 0 Å². The smallest absolute Gasteiger partial charge is 0.306 e. The van der Waals surface area contributed by atoms with E-state index in [1.165, 1.54) is 75.1 Å². The molecule has 1 atom stereocenters. The summed E-state index contributed by atoms with van der Waals surface area (Å²) in [7, 11) is 0. The van der Waals surface area contributed by atoms with Crippen LogP contribution in [0.3, 0.4) is 0 Å². The molecule has 0 amide bonds. The molecule has 0 fully saturated rings. The molecule has 1 unspecified atom stereocenters. The molecule has 7 heteroatoms. The van der Waals surface area contributed by atoms with Gasteiger partial charge in [0.1, 0.15) is 6.10 Å². The van der Waals surface area contributed by atoms with Gasteiger partial charge in [-0.3, -0.25) is 9.59 Å². The lowest BCUT2D eigenvalue weighted by molar-refractivity contribution is -0.150. The first-order chi connectivity index (χ1) is 20.0. The van der Waals surface area contributed by atoms with Gasteiger partial charge in [-0.15, -0.1) is 0 Å². The molecule has 0 aliphatic heterocycles. The Balaban J connectivity index is 4.04. The Hall–Kier alpha value is -0.410. The number of nitrogens with zero attached hydrogens (tertiary/aromatic N) is 1. The Labute approximate surface area is 267 Å². The molecule has 0 aromatic rings. The van der Waals surface area contributed by atoms with Crippen molar-refractivity contribution in [3.63, 3.8) is 0 Å². The van der Waals surface area contributed by atoms with Gasteiger partial charge >= 0.3 is 11.9 Å². The number of unbranched alkanes of at least 4 members (excludes halogenated alkanes) is 17. The van der Waals surface area contributed by atoms with E-state index in [1.54, 1.807) is 0 Å². The average molecular weight is 696 g/mol. The van der Waals surface area contributed by atoms with E-state index in [4.69, 9.17) is 9.84 Å². The summed E-state index contributed by atoms with van der Waals surface area (Å²) < 4.78 is 7.22. The van der Waals surface area contributed by atoms with Crippen molar-refractivity contribution in [3.05, 3.63) is 0 Å². The maximum atomic E-state index is 12.6. The average Bonchev–Trinajstić information content (AvgIpc) is 2.95. The monoisotopic (exact) mass is 695 g/mol. The zero-order valence-corrected chi connectivity index (χ0v) is 28.9. The molecular weight excluding hydrogens is 629 g/mol. The van der Waals surface area contributed by atoms with Gasteiger partial charge in [-0.05, 0) is 75.3 Å².